The van der Waals surface area contributed by atoms with E-state index in [0.717, 1.165) is 24.1 Å². The van der Waals surface area contributed by atoms with Crippen molar-refractivity contribution in [1.82, 2.24) is 15.3 Å². The number of H-pyrrole nitrogens is 1. The summed E-state index contributed by atoms with van der Waals surface area (Å²) in [6.07, 6.45) is 3.74. The van der Waals surface area contributed by atoms with E-state index in [4.69, 9.17) is 0 Å². The summed E-state index contributed by atoms with van der Waals surface area (Å²) in [4.78, 5) is 27.7. The number of hydrogen-bond donors (Lipinski definition) is 4. The van der Waals surface area contributed by atoms with E-state index in [9.17, 15) is 14.6 Å². The van der Waals surface area contributed by atoms with Crippen LogP contribution in [0.1, 0.15) is 44.8 Å². The third-order valence-electron chi connectivity index (χ3n) is 4.35. The second-order valence-corrected chi connectivity index (χ2v) is 6.64. The summed E-state index contributed by atoms with van der Waals surface area (Å²) in [5, 5.41) is 16.8. The number of nitrogens with one attached hydrogen (secondary N) is 3. The SMILES string of the molecule is CB(O)NN(C)Cc1ccc(NC(=O)c2c[nH]c3c2C(=O)CCC3)cc1. The molecule has 4 N–H and O–H groups in total. The third kappa shape index (κ3) is 4.21. The second kappa shape index (κ2) is 7.86. The Morgan fingerprint density at radius 2 is 2.04 bits per heavy atom. The van der Waals surface area contributed by atoms with Gasteiger partial charge < -0.3 is 15.3 Å². The Labute approximate surface area is 152 Å². The van der Waals surface area contributed by atoms with Crippen LogP contribution in [0.5, 0.6) is 0 Å². The van der Waals surface area contributed by atoms with E-state index in [1.54, 1.807) is 18.0 Å². The maximum Gasteiger partial charge on any atom is 0.388 e. The molecular weight excluding hydrogens is 331 g/mol. The van der Waals surface area contributed by atoms with Crippen LogP contribution in [0.4, 0.5) is 5.69 Å². The lowest BCUT2D eigenvalue weighted by atomic mass is 9.91. The number of benzene rings is 1. The quantitative estimate of drug-likeness (QED) is 0.469. The van der Waals surface area contributed by atoms with E-state index in [-0.39, 0.29) is 11.7 Å². The number of Topliss-reactive ketones (excluding diaryl/α,β-unsaturated/α-hetero) is 1. The minimum atomic E-state index is -0.617. The number of carbonyl (C=O) groups excluding carboxylic acids is 2. The van der Waals surface area contributed by atoms with Gasteiger partial charge in [-0.05, 0) is 37.4 Å². The smallest absolute Gasteiger partial charge is 0.388 e. The number of fused-ring (bicyclic) bond motifs is 1. The number of aromatic amines is 1. The molecule has 0 saturated heterocycles. The number of amides is 1. The molecule has 1 aliphatic carbocycles. The molecule has 136 valence electrons. The largest absolute Gasteiger partial charge is 0.437 e. The molecule has 1 aromatic heterocycles. The number of anilines is 1. The molecule has 0 atom stereocenters. The Bertz CT molecular complexity index is 801. The second-order valence-electron chi connectivity index (χ2n) is 6.64. The average molecular weight is 354 g/mol. The summed E-state index contributed by atoms with van der Waals surface area (Å²) in [5.74, 6) is -0.250. The number of rotatable bonds is 6. The number of hydrogen-bond acceptors (Lipinski definition) is 5. The third-order valence-corrected chi connectivity index (χ3v) is 4.35. The van der Waals surface area contributed by atoms with Gasteiger partial charge in [0.25, 0.3) is 5.91 Å². The van der Waals surface area contributed by atoms with Crippen LogP contribution in [-0.4, -0.2) is 40.8 Å². The molecule has 1 aliphatic rings. The van der Waals surface area contributed by atoms with Crippen LogP contribution in [0, 0.1) is 0 Å². The van der Waals surface area contributed by atoms with Crippen molar-refractivity contribution in [1.29, 1.82) is 0 Å². The zero-order valence-corrected chi connectivity index (χ0v) is 15.0. The van der Waals surface area contributed by atoms with Gasteiger partial charge in [-0.3, -0.25) is 19.9 Å². The van der Waals surface area contributed by atoms with Crippen LogP contribution in [0.2, 0.25) is 6.82 Å². The lowest BCUT2D eigenvalue weighted by molar-refractivity contribution is 0.0956. The molecule has 0 saturated carbocycles. The summed E-state index contributed by atoms with van der Waals surface area (Å²) in [6.45, 7) is 2.26. The molecule has 7 nitrogen and oxygen atoms in total. The van der Waals surface area contributed by atoms with Gasteiger partial charge in [-0.2, -0.15) is 0 Å². The van der Waals surface area contributed by atoms with Gasteiger partial charge in [0.2, 0.25) is 0 Å². The molecule has 1 aromatic carbocycles. The van der Waals surface area contributed by atoms with E-state index in [1.807, 2.05) is 31.3 Å². The standard InChI is InChI=1S/C18H23BN4O3/c1-19(26)22-23(2)11-12-6-8-13(9-7-12)21-18(25)14-10-20-15-4-3-5-16(24)17(14)15/h6-10,20,22,26H,3-5,11H2,1-2H3,(H,21,25). The number of aromatic nitrogens is 1. The average Bonchev–Trinajstić information content (AvgIpc) is 3.01. The minimum Gasteiger partial charge on any atom is -0.437 e. The van der Waals surface area contributed by atoms with Crippen molar-refractivity contribution in [3.63, 3.8) is 0 Å². The molecule has 0 radical (unpaired) electrons. The van der Waals surface area contributed by atoms with Gasteiger partial charge in [0.15, 0.2) is 5.78 Å². The van der Waals surface area contributed by atoms with Crippen molar-refractivity contribution in [2.24, 2.45) is 0 Å². The molecule has 0 unspecified atom stereocenters. The molecule has 3 rings (SSSR count). The fourth-order valence-electron chi connectivity index (χ4n) is 3.24. The minimum absolute atomic E-state index is 0.0293. The van der Waals surface area contributed by atoms with Crippen molar-refractivity contribution in [2.45, 2.75) is 32.6 Å². The highest BCUT2D eigenvalue weighted by atomic mass is 16.2. The van der Waals surface area contributed by atoms with Gasteiger partial charge in [-0.1, -0.05) is 12.1 Å². The van der Waals surface area contributed by atoms with Crippen molar-refractivity contribution >= 4 is 24.4 Å². The summed E-state index contributed by atoms with van der Waals surface area (Å²) in [6, 6.07) is 7.47. The van der Waals surface area contributed by atoms with E-state index >= 15 is 0 Å². The number of hydrazine groups is 1. The molecule has 0 spiro atoms. The van der Waals surface area contributed by atoms with Crippen molar-refractivity contribution in [3.8, 4) is 0 Å². The Balaban J connectivity index is 1.65. The van der Waals surface area contributed by atoms with E-state index in [0.29, 0.717) is 29.8 Å². The topological polar surface area (TPSA) is 97.5 Å². The first-order chi connectivity index (χ1) is 12.4. The van der Waals surface area contributed by atoms with Crippen LogP contribution in [0.25, 0.3) is 0 Å². The number of ketones is 1. The zero-order chi connectivity index (χ0) is 18.7. The maximum atomic E-state index is 12.5. The summed E-state index contributed by atoms with van der Waals surface area (Å²) in [5.41, 5.74) is 3.51. The van der Waals surface area contributed by atoms with Crippen molar-refractivity contribution < 1.29 is 14.6 Å². The number of carbonyl (C=O) groups is 2. The van der Waals surface area contributed by atoms with E-state index < -0.39 is 7.05 Å². The molecular formula is C18H23BN4O3. The van der Waals surface area contributed by atoms with E-state index in [2.05, 4.69) is 15.6 Å². The first kappa shape index (κ1) is 18.4. The molecule has 1 heterocycles. The maximum absolute atomic E-state index is 12.5. The zero-order valence-electron chi connectivity index (χ0n) is 15.0. The van der Waals surface area contributed by atoms with Crippen molar-refractivity contribution in [3.05, 3.63) is 52.8 Å². The van der Waals surface area contributed by atoms with Crippen molar-refractivity contribution in [2.75, 3.05) is 12.4 Å². The molecule has 8 heteroatoms. The van der Waals surface area contributed by atoms with Gasteiger partial charge in [0, 0.05) is 37.6 Å². The monoisotopic (exact) mass is 354 g/mol. The molecule has 0 bridgehead atoms. The summed E-state index contributed by atoms with van der Waals surface area (Å²) >= 11 is 0. The lowest BCUT2D eigenvalue weighted by Gasteiger charge is -2.18. The van der Waals surface area contributed by atoms with E-state index in [1.165, 1.54) is 0 Å². The molecule has 0 fully saturated rings. The Kier molecular flexibility index (Phi) is 5.56. The normalized spacial score (nSPS) is 13.6. The predicted octanol–water partition coefficient (Wildman–Crippen LogP) is 1.83. The van der Waals surface area contributed by atoms with Gasteiger partial charge in [0.1, 0.15) is 0 Å². The Hall–Kier alpha value is -2.42. The number of nitrogens with zero attached hydrogens (tertiary/aromatic N) is 1. The fourth-order valence-corrected chi connectivity index (χ4v) is 3.24. The van der Waals surface area contributed by atoms with Gasteiger partial charge in [-0.25, -0.2) is 0 Å². The highest BCUT2D eigenvalue weighted by Crippen LogP contribution is 2.24. The Morgan fingerprint density at radius 1 is 1.31 bits per heavy atom. The summed E-state index contributed by atoms with van der Waals surface area (Å²) < 4.78 is 0. The van der Waals surface area contributed by atoms with Crippen LogP contribution < -0.4 is 10.7 Å². The predicted molar refractivity (Wildman–Crippen MR) is 101 cm³/mol. The number of aryl methyl sites for hydroxylation is 1. The van der Waals surface area contributed by atoms with Gasteiger partial charge in [0.05, 0.1) is 11.1 Å². The van der Waals surface area contributed by atoms with Gasteiger partial charge >= 0.3 is 7.05 Å². The molecule has 26 heavy (non-hydrogen) atoms. The lowest BCUT2D eigenvalue weighted by Crippen LogP contribution is -2.43. The fraction of sp³-hybridized carbons (Fsp3) is 0.333. The van der Waals surface area contributed by atoms with Gasteiger partial charge in [-0.15, -0.1) is 0 Å². The summed E-state index contributed by atoms with van der Waals surface area (Å²) in [7, 11) is 1.22. The highest BCUT2D eigenvalue weighted by Gasteiger charge is 2.25. The van der Waals surface area contributed by atoms with Crippen LogP contribution >= 0.6 is 0 Å². The highest BCUT2D eigenvalue weighted by molar-refractivity contribution is 6.45. The van der Waals surface area contributed by atoms with Crippen LogP contribution in [0.15, 0.2) is 30.5 Å². The Morgan fingerprint density at radius 3 is 2.73 bits per heavy atom. The first-order valence-electron chi connectivity index (χ1n) is 8.73. The molecule has 0 aliphatic heterocycles. The molecule has 1 amide bonds. The molecule has 2 aromatic rings. The van der Waals surface area contributed by atoms with Crippen LogP contribution in [0.3, 0.4) is 0 Å². The first-order valence-corrected chi connectivity index (χ1v) is 8.73. The van der Waals surface area contributed by atoms with Crippen LogP contribution in [-0.2, 0) is 13.0 Å².